The second kappa shape index (κ2) is 4.49. The highest BCUT2D eigenvalue weighted by molar-refractivity contribution is 5.77. The Balaban J connectivity index is 2.54. The normalized spacial score (nSPS) is 28.7. The van der Waals surface area contributed by atoms with Crippen molar-refractivity contribution < 1.29 is 9.90 Å². The predicted octanol–water partition coefficient (Wildman–Crippen LogP) is 1.05. The van der Waals surface area contributed by atoms with E-state index in [1.165, 1.54) is 12.8 Å². The number of nitrogens with zero attached hydrogens (tertiary/aromatic N) is 1. The maximum atomic E-state index is 10.9. The van der Waals surface area contributed by atoms with E-state index in [9.17, 15) is 4.79 Å². The molecule has 0 amide bonds. The van der Waals surface area contributed by atoms with Gasteiger partial charge < -0.3 is 10.8 Å². The number of hydrogen-bond acceptors (Lipinski definition) is 3. The standard InChI is InChI=1S/C11H22N2O2/c1-8-5-4-6-13(8)9(2)7-11(3,12)10(14)15/h8-9H,4-7,12H2,1-3H3,(H,14,15). The molecule has 4 heteroatoms. The topological polar surface area (TPSA) is 66.6 Å². The minimum atomic E-state index is -1.11. The molecule has 3 unspecified atom stereocenters. The fraction of sp³-hybridized carbons (Fsp3) is 0.909. The predicted molar refractivity (Wildman–Crippen MR) is 59.7 cm³/mol. The Bertz CT molecular complexity index is 241. The van der Waals surface area contributed by atoms with Gasteiger partial charge in [0, 0.05) is 12.1 Å². The number of carboxylic acid groups (broad SMARTS) is 1. The van der Waals surface area contributed by atoms with E-state index in [4.69, 9.17) is 10.8 Å². The third-order valence-electron chi connectivity index (χ3n) is 3.38. The number of aliphatic carboxylic acids is 1. The lowest BCUT2D eigenvalue weighted by Crippen LogP contribution is -2.50. The highest BCUT2D eigenvalue weighted by atomic mass is 16.4. The van der Waals surface area contributed by atoms with Gasteiger partial charge in [0.25, 0.3) is 0 Å². The van der Waals surface area contributed by atoms with E-state index in [2.05, 4.69) is 18.7 Å². The molecular formula is C11H22N2O2. The Labute approximate surface area is 91.4 Å². The van der Waals surface area contributed by atoms with Gasteiger partial charge in [-0.3, -0.25) is 9.69 Å². The first-order valence-corrected chi connectivity index (χ1v) is 5.62. The van der Waals surface area contributed by atoms with Gasteiger partial charge in [0.15, 0.2) is 0 Å². The van der Waals surface area contributed by atoms with Gasteiger partial charge in [0.1, 0.15) is 5.54 Å². The molecule has 1 fully saturated rings. The molecule has 0 aromatic carbocycles. The van der Waals surface area contributed by atoms with Crippen LogP contribution >= 0.6 is 0 Å². The number of rotatable bonds is 4. The highest BCUT2D eigenvalue weighted by Crippen LogP contribution is 2.23. The minimum absolute atomic E-state index is 0.244. The third-order valence-corrected chi connectivity index (χ3v) is 3.38. The molecule has 3 N–H and O–H groups in total. The van der Waals surface area contributed by atoms with Crippen molar-refractivity contribution in [3.05, 3.63) is 0 Å². The van der Waals surface area contributed by atoms with Crippen molar-refractivity contribution in [2.24, 2.45) is 5.73 Å². The van der Waals surface area contributed by atoms with Gasteiger partial charge in [-0.1, -0.05) is 0 Å². The highest BCUT2D eigenvalue weighted by Gasteiger charge is 2.34. The summed E-state index contributed by atoms with van der Waals surface area (Å²) in [5.74, 6) is -0.916. The van der Waals surface area contributed by atoms with Crippen molar-refractivity contribution in [3.8, 4) is 0 Å². The van der Waals surface area contributed by atoms with Crippen LogP contribution < -0.4 is 5.73 Å². The Hall–Kier alpha value is -0.610. The molecule has 1 rings (SSSR count). The maximum absolute atomic E-state index is 10.9. The smallest absolute Gasteiger partial charge is 0.323 e. The molecule has 0 aliphatic carbocycles. The lowest BCUT2D eigenvalue weighted by molar-refractivity contribution is -0.143. The Morgan fingerprint density at radius 3 is 2.73 bits per heavy atom. The third kappa shape index (κ3) is 2.92. The van der Waals surface area contributed by atoms with Crippen LogP contribution in [0.15, 0.2) is 0 Å². The monoisotopic (exact) mass is 214 g/mol. The Kier molecular flexibility index (Phi) is 3.73. The van der Waals surface area contributed by atoms with Gasteiger partial charge in [-0.05, 0) is 46.6 Å². The lowest BCUT2D eigenvalue weighted by Gasteiger charge is -2.32. The number of likely N-dealkylation sites (tertiary alicyclic amines) is 1. The van der Waals surface area contributed by atoms with Gasteiger partial charge in [0.05, 0.1) is 0 Å². The molecule has 0 bridgehead atoms. The number of nitrogens with two attached hydrogens (primary N) is 1. The summed E-state index contributed by atoms with van der Waals surface area (Å²) >= 11 is 0. The van der Waals surface area contributed by atoms with Gasteiger partial charge in [-0.15, -0.1) is 0 Å². The number of hydrogen-bond donors (Lipinski definition) is 2. The largest absolute Gasteiger partial charge is 0.480 e. The van der Waals surface area contributed by atoms with Crippen molar-refractivity contribution in [1.29, 1.82) is 0 Å². The first-order valence-electron chi connectivity index (χ1n) is 5.62. The molecule has 1 aliphatic rings. The molecule has 4 nitrogen and oxygen atoms in total. The van der Waals surface area contributed by atoms with Crippen LogP contribution in [0.2, 0.25) is 0 Å². The van der Waals surface area contributed by atoms with Gasteiger partial charge in [-0.2, -0.15) is 0 Å². The molecule has 1 heterocycles. The summed E-state index contributed by atoms with van der Waals surface area (Å²) in [6, 6.07) is 0.804. The molecule has 0 saturated carbocycles. The van der Waals surface area contributed by atoms with Crippen molar-refractivity contribution in [2.75, 3.05) is 6.54 Å². The van der Waals surface area contributed by atoms with Crippen molar-refractivity contribution >= 4 is 5.97 Å². The van der Waals surface area contributed by atoms with Crippen molar-refractivity contribution in [1.82, 2.24) is 4.90 Å². The van der Waals surface area contributed by atoms with Gasteiger partial charge in [-0.25, -0.2) is 0 Å². The average Bonchev–Trinajstić information content (AvgIpc) is 2.50. The second-order valence-corrected chi connectivity index (χ2v) is 5.00. The van der Waals surface area contributed by atoms with Crippen LogP contribution in [0.1, 0.15) is 40.0 Å². The van der Waals surface area contributed by atoms with Crippen LogP contribution in [0.3, 0.4) is 0 Å². The number of carboxylic acids is 1. The van der Waals surface area contributed by atoms with E-state index in [1.807, 2.05) is 0 Å². The van der Waals surface area contributed by atoms with E-state index in [1.54, 1.807) is 6.92 Å². The zero-order valence-electron chi connectivity index (χ0n) is 9.86. The number of carbonyl (C=O) groups is 1. The fourth-order valence-corrected chi connectivity index (χ4v) is 2.43. The van der Waals surface area contributed by atoms with Gasteiger partial charge in [0.2, 0.25) is 0 Å². The Morgan fingerprint density at radius 2 is 2.33 bits per heavy atom. The lowest BCUT2D eigenvalue weighted by atomic mass is 9.94. The van der Waals surface area contributed by atoms with E-state index in [0.29, 0.717) is 12.5 Å². The van der Waals surface area contributed by atoms with Crippen LogP contribution in [0.5, 0.6) is 0 Å². The summed E-state index contributed by atoms with van der Waals surface area (Å²) in [6.45, 7) is 6.92. The molecule has 1 saturated heterocycles. The Morgan fingerprint density at radius 1 is 1.73 bits per heavy atom. The quantitative estimate of drug-likeness (QED) is 0.734. The van der Waals surface area contributed by atoms with Crippen LogP contribution in [-0.2, 0) is 4.79 Å². The zero-order valence-corrected chi connectivity index (χ0v) is 9.86. The van der Waals surface area contributed by atoms with Crippen molar-refractivity contribution in [2.45, 2.75) is 57.7 Å². The molecule has 0 aromatic heterocycles. The summed E-state index contributed by atoms with van der Waals surface area (Å²) in [4.78, 5) is 13.3. The molecule has 1 aliphatic heterocycles. The zero-order chi connectivity index (χ0) is 11.6. The molecule has 0 spiro atoms. The molecule has 0 aromatic rings. The summed E-state index contributed by atoms with van der Waals surface area (Å²) < 4.78 is 0. The van der Waals surface area contributed by atoms with E-state index in [0.717, 1.165) is 6.54 Å². The molecular weight excluding hydrogens is 192 g/mol. The molecule has 88 valence electrons. The summed E-state index contributed by atoms with van der Waals surface area (Å²) in [7, 11) is 0. The van der Waals surface area contributed by atoms with E-state index >= 15 is 0 Å². The van der Waals surface area contributed by atoms with Crippen LogP contribution in [0.25, 0.3) is 0 Å². The summed E-state index contributed by atoms with van der Waals surface area (Å²) in [5, 5.41) is 8.96. The SMILES string of the molecule is CC1CCCN1C(C)CC(C)(N)C(=O)O. The molecule has 0 radical (unpaired) electrons. The summed E-state index contributed by atoms with van der Waals surface area (Å²) in [5.41, 5.74) is 4.64. The fourth-order valence-electron chi connectivity index (χ4n) is 2.43. The molecule has 3 atom stereocenters. The molecule has 15 heavy (non-hydrogen) atoms. The second-order valence-electron chi connectivity index (χ2n) is 5.00. The minimum Gasteiger partial charge on any atom is -0.480 e. The summed E-state index contributed by atoms with van der Waals surface area (Å²) in [6.07, 6.45) is 2.92. The van der Waals surface area contributed by atoms with E-state index in [-0.39, 0.29) is 6.04 Å². The maximum Gasteiger partial charge on any atom is 0.323 e. The first kappa shape index (κ1) is 12.5. The van der Waals surface area contributed by atoms with Crippen LogP contribution in [0.4, 0.5) is 0 Å². The van der Waals surface area contributed by atoms with E-state index < -0.39 is 11.5 Å². The van der Waals surface area contributed by atoms with Crippen molar-refractivity contribution in [3.63, 3.8) is 0 Å². The van der Waals surface area contributed by atoms with Crippen LogP contribution in [-0.4, -0.2) is 40.1 Å². The van der Waals surface area contributed by atoms with Crippen LogP contribution in [0, 0.1) is 0 Å². The average molecular weight is 214 g/mol. The van der Waals surface area contributed by atoms with Gasteiger partial charge >= 0.3 is 5.97 Å². The first-order chi connectivity index (χ1) is 6.84.